The van der Waals surface area contributed by atoms with Crippen LogP contribution in [-0.4, -0.2) is 48.3 Å². The Kier molecular flexibility index (Phi) is 7.19. The van der Waals surface area contributed by atoms with Crippen LogP contribution in [0.3, 0.4) is 0 Å². The highest BCUT2D eigenvalue weighted by atomic mass is 16.5. The van der Waals surface area contributed by atoms with Crippen molar-refractivity contribution in [2.24, 2.45) is 5.73 Å². The van der Waals surface area contributed by atoms with E-state index in [0.29, 0.717) is 19.6 Å². The Morgan fingerprint density at radius 3 is 2.52 bits per heavy atom. The molecule has 0 aliphatic heterocycles. The molecule has 118 valence electrons. The second kappa shape index (κ2) is 8.64. The summed E-state index contributed by atoms with van der Waals surface area (Å²) in [7, 11) is 1.62. The molecule has 1 aromatic rings. The average molecular weight is 294 g/mol. The number of benzene rings is 1. The zero-order valence-electron chi connectivity index (χ0n) is 13.1. The maximum atomic E-state index is 12.5. The molecule has 1 rings (SSSR count). The molecule has 1 amide bonds. The molecule has 0 radical (unpaired) electrons. The van der Waals surface area contributed by atoms with Crippen LogP contribution in [0, 0.1) is 0 Å². The topological polar surface area (TPSA) is 75.8 Å². The van der Waals surface area contributed by atoms with Gasteiger partial charge in [-0.2, -0.15) is 0 Å². The average Bonchev–Trinajstić information content (AvgIpc) is 2.49. The van der Waals surface area contributed by atoms with Crippen LogP contribution >= 0.6 is 0 Å². The summed E-state index contributed by atoms with van der Waals surface area (Å²) in [6, 6.07) is 6.32. The highest BCUT2D eigenvalue weighted by Crippen LogP contribution is 2.13. The second-order valence-corrected chi connectivity index (χ2v) is 5.26. The first kappa shape index (κ1) is 17.5. The molecule has 0 fully saturated rings. The van der Waals surface area contributed by atoms with E-state index in [9.17, 15) is 9.90 Å². The van der Waals surface area contributed by atoms with Gasteiger partial charge < -0.3 is 20.5 Å². The largest absolute Gasteiger partial charge is 0.508 e. The van der Waals surface area contributed by atoms with Gasteiger partial charge in [-0.1, -0.05) is 19.1 Å². The van der Waals surface area contributed by atoms with E-state index in [4.69, 9.17) is 10.5 Å². The molecule has 0 heterocycles. The monoisotopic (exact) mass is 294 g/mol. The third kappa shape index (κ3) is 5.36. The van der Waals surface area contributed by atoms with Gasteiger partial charge in [0.25, 0.3) is 0 Å². The molecule has 21 heavy (non-hydrogen) atoms. The van der Waals surface area contributed by atoms with E-state index in [1.54, 1.807) is 36.3 Å². The predicted molar refractivity (Wildman–Crippen MR) is 83.1 cm³/mol. The predicted octanol–water partition coefficient (Wildman–Crippen LogP) is 1.54. The summed E-state index contributed by atoms with van der Waals surface area (Å²) in [4.78, 5) is 14.3. The summed E-state index contributed by atoms with van der Waals surface area (Å²) in [5, 5.41) is 9.27. The molecule has 0 bridgehead atoms. The van der Waals surface area contributed by atoms with Gasteiger partial charge in [0.2, 0.25) is 5.91 Å². The van der Waals surface area contributed by atoms with E-state index >= 15 is 0 Å². The molecular weight excluding hydrogens is 268 g/mol. The number of carbonyl (C=O) groups is 1. The number of hydrogen-bond donors (Lipinski definition) is 2. The maximum Gasteiger partial charge on any atom is 0.240 e. The van der Waals surface area contributed by atoms with E-state index in [1.165, 1.54) is 0 Å². The van der Waals surface area contributed by atoms with Gasteiger partial charge in [-0.25, -0.2) is 0 Å². The molecule has 3 N–H and O–H groups in total. The quantitative estimate of drug-likeness (QED) is 0.762. The van der Waals surface area contributed by atoms with Crippen molar-refractivity contribution in [2.75, 3.05) is 20.3 Å². The van der Waals surface area contributed by atoms with Gasteiger partial charge in [0, 0.05) is 19.7 Å². The van der Waals surface area contributed by atoms with Crippen molar-refractivity contribution in [2.45, 2.75) is 38.8 Å². The van der Waals surface area contributed by atoms with Crippen molar-refractivity contribution < 1.29 is 14.6 Å². The Morgan fingerprint density at radius 1 is 1.38 bits per heavy atom. The first-order valence-corrected chi connectivity index (χ1v) is 7.32. The molecule has 2 atom stereocenters. The third-order valence-corrected chi connectivity index (χ3v) is 3.65. The van der Waals surface area contributed by atoms with Gasteiger partial charge in [0.05, 0.1) is 12.6 Å². The highest BCUT2D eigenvalue weighted by molar-refractivity contribution is 5.82. The number of ether oxygens (including phenoxy) is 1. The van der Waals surface area contributed by atoms with E-state index in [-0.39, 0.29) is 17.7 Å². The fourth-order valence-corrected chi connectivity index (χ4v) is 2.14. The molecule has 5 nitrogen and oxygen atoms in total. The van der Waals surface area contributed by atoms with Crippen molar-refractivity contribution in [1.82, 2.24) is 4.90 Å². The zero-order chi connectivity index (χ0) is 15.8. The van der Waals surface area contributed by atoms with E-state index in [0.717, 1.165) is 12.0 Å². The number of methoxy groups -OCH3 is 1. The van der Waals surface area contributed by atoms with Crippen LogP contribution in [0.4, 0.5) is 0 Å². The van der Waals surface area contributed by atoms with Crippen LogP contribution in [0.15, 0.2) is 24.3 Å². The Morgan fingerprint density at radius 2 is 2.00 bits per heavy atom. The summed E-state index contributed by atoms with van der Waals surface area (Å²) >= 11 is 0. The minimum absolute atomic E-state index is 0.0607. The number of carbonyl (C=O) groups excluding carboxylic acids is 1. The number of amides is 1. The van der Waals surface area contributed by atoms with Crippen molar-refractivity contribution in [3.63, 3.8) is 0 Å². The molecule has 0 aliphatic carbocycles. The van der Waals surface area contributed by atoms with Crippen LogP contribution in [0.25, 0.3) is 0 Å². The number of rotatable bonds is 8. The lowest BCUT2D eigenvalue weighted by Gasteiger charge is -2.30. The normalized spacial score (nSPS) is 13.7. The Bertz CT molecular complexity index is 434. The first-order chi connectivity index (χ1) is 9.99. The van der Waals surface area contributed by atoms with Gasteiger partial charge in [-0.05, 0) is 37.5 Å². The Labute approximate surface area is 126 Å². The van der Waals surface area contributed by atoms with Crippen molar-refractivity contribution in [1.29, 1.82) is 0 Å². The van der Waals surface area contributed by atoms with Gasteiger partial charge in [-0.3, -0.25) is 4.79 Å². The van der Waals surface area contributed by atoms with E-state index in [1.807, 2.05) is 13.8 Å². The molecule has 0 aromatic heterocycles. The number of nitrogens with zero attached hydrogens (tertiary/aromatic N) is 1. The molecule has 0 saturated carbocycles. The standard InChI is InChI=1S/C16H26N2O3/c1-4-12(2)18(9-10-21-3)16(20)15(17)11-13-5-7-14(19)8-6-13/h5-8,12,15,19H,4,9-11,17H2,1-3H3/t12?,15-/m0/s1. The number of hydrogen-bond acceptors (Lipinski definition) is 4. The summed E-state index contributed by atoms with van der Waals surface area (Å²) in [5.74, 6) is 0.148. The summed E-state index contributed by atoms with van der Waals surface area (Å²) < 4.78 is 5.07. The molecule has 5 heteroatoms. The summed E-state index contributed by atoms with van der Waals surface area (Å²) in [5.41, 5.74) is 6.99. The van der Waals surface area contributed by atoms with Crippen molar-refractivity contribution in [3.05, 3.63) is 29.8 Å². The van der Waals surface area contributed by atoms with Gasteiger partial charge in [-0.15, -0.1) is 0 Å². The lowest BCUT2D eigenvalue weighted by Crippen LogP contribution is -2.49. The Hall–Kier alpha value is -1.59. The number of phenolic OH excluding ortho intramolecular Hbond substituents is 1. The lowest BCUT2D eigenvalue weighted by atomic mass is 10.0. The van der Waals surface area contributed by atoms with Gasteiger partial charge >= 0.3 is 0 Å². The van der Waals surface area contributed by atoms with Gasteiger partial charge in [0.1, 0.15) is 5.75 Å². The molecule has 0 aliphatic rings. The number of phenols is 1. The molecule has 0 saturated heterocycles. The van der Waals surface area contributed by atoms with Crippen LogP contribution in [0.5, 0.6) is 5.75 Å². The van der Waals surface area contributed by atoms with Crippen LogP contribution in [-0.2, 0) is 16.0 Å². The molecule has 1 unspecified atom stereocenters. The second-order valence-electron chi connectivity index (χ2n) is 5.26. The van der Waals surface area contributed by atoms with E-state index < -0.39 is 6.04 Å². The summed E-state index contributed by atoms with van der Waals surface area (Å²) in [6.45, 7) is 5.11. The smallest absolute Gasteiger partial charge is 0.240 e. The SMILES string of the molecule is CCC(C)N(CCOC)C(=O)[C@@H](N)Cc1ccc(O)cc1. The fourth-order valence-electron chi connectivity index (χ4n) is 2.14. The minimum Gasteiger partial charge on any atom is -0.508 e. The Balaban J connectivity index is 2.70. The fraction of sp³-hybridized carbons (Fsp3) is 0.562. The minimum atomic E-state index is -0.583. The third-order valence-electron chi connectivity index (χ3n) is 3.65. The lowest BCUT2D eigenvalue weighted by molar-refractivity contribution is -0.135. The first-order valence-electron chi connectivity index (χ1n) is 7.32. The molecule has 1 aromatic carbocycles. The molecule has 0 spiro atoms. The van der Waals surface area contributed by atoms with Crippen LogP contribution in [0.1, 0.15) is 25.8 Å². The number of nitrogens with two attached hydrogens (primary N) is 1. The van der Waals surface area contributed by atoms with Crippen molar-refractivity contribution >= 4 is 5.91 Å². The summed E-state index contributed by atoms with van der Waals surface area (Å²) in [6.07, 6.45) is 1.33. The van der Waals surface area contributed by atoms with E-state index in [2.05, 4.69) is 0 Å². The van der Waals surface area contributed by atoms with Crippen LogP contribution in [0.2, 0.25) is 0 Å². The highest BCUT2D eigenvalue weighted by Gasteiger charge is 2.24. The zero-order valence-corrected chi connectivity index (χ0v) is 13.1. The van der Waals surface area contributed by atoms with Gasteiger partial charge in [0.15, 0.2) is 0 Å². The number of aromatic hydroxyl groups is 1. The van der Waals surface area contributed by atoms with Crippen LogP contribution < -0.4 is 5.73 Å². The maximum absolute atomic E-state index is 12.5. The van der Waals surface area contributed by atoms with Crippen molar-refractivity contribution in [3.8, 4) is 5.75 Å². The molecular formula is C16H26N2O3.